The van der Waals surface area contributed by atoms with Crippen molar-refractivity contribution in [2.75, 3.05) is 23.9 Å². The zero-order chi connectivity index (χ0) is 22.3. The molecule has 31 heavy (non-hydrogen) atoms. The highest BCUT2D eigenvalue weighted by molar-refractivity contribution is 8.21. The second-order valence-corrected chi connectivity index (χ2v) is 10.2. The Hall–Kier alpha value is -2.50. The molecule has 4 N–H and O–H groups in total. The quantitative estimate of drug-likeness (QED) is 0.243. The van der Waals surface area contributed by atoms with Crippen molar-refractivity contribution in [3.8, 4) is 0 Å². The Labute approximate surface area is 190 Å². The number of hydrogen-bond acceptors (Lipinski definition) is 9. The van der Waals surface area contributed by atoms with Crippen molar-refractivity contribution < 1.29 is 14.4 Å². The number of amides is 1. The van der Waals surface area contributed by atoms with Crippen LogP contribution >= 0.6 is 23.5 Å². The summed E-state index contributed by atoms with van der Waals surface area (Å²) in [5.74, 6) is 7.97. The number of nitrogens with two attached hydrogens (primary N) is 1. The predicted octanol–water partition coefficient (Wildman–Crippen LogP) is 3.57. The number of rotatable bonds is 7. The molecule has 0 saturated carbocycles. The summed E-state index contributed by atoms with van der Waals surface area (Å²) in [6, 6.07) is 5.20. The standard InChI is InChI=1S/C20H26N6O3S2/c1-20(30-11-12-31-20)29-19(27)24-16-10-6-9-15(23-16)13-28-25-17(18(21)26(2)22)14-7-4-3-5-8-14/h3-7,9-10,14,21H,8,11-13,22H2,1-2H3,(H,23,24,27)/b21-18?,25-17-. The number of carbonyl (C=O) groups is 1. The summed E-state index contributed by atoms with van der Waals surface area (Å²) in [7, 11) is 1.58. The third-order valence-corrected chi connectivity index (χ3v) is 7.43. The smallest absolute Gasteiger partial charge is 0.414 e. The third-order valence-electron chi connectivity index (χ3n) is 4.43. The molecule has 1 aromatic heterocycles. The van der Waals surface area contributed by atoms with E-state index in [-0.39, 0.29) is 18.4 Å². The second-order valence-electron chi connectivity index (χ2n) is 6.95. The van der Waals surface area contributed by atoms with Gasteiger partial charge in [0.15, 0.2) is 12.4 Å². The molecule has 1 fully saturated rings. The van der Waals surface area contributed by atoms with E-state index < -0.39 is 10.4 Å². The fraction of sp³-hybridized carbons (Fsp3) is 0.400. The number of hydrogen-bond donors (Lipinski definition) is 3. The molecule has 2 heterocycles. The van der Waals surface area contributed by atoms with E-state index in [1.54, 1.807) is 48.8 Å². The largest absolute Gasteiger partial charge is 0.422 e. The van der Waals surface area contributed by atoms with Gasteiger partial charge in [-0.2, -0.15) is 0 Å². The van der Waals surface area contributed by atoms with Gasteiger partial charge in [-0.1, -0.05) is 35.5 Å². The van der Waals surface area contributed by atoms with Crippen LogP contribution in [0, 0.1) is 11.3 Å². The van der Waals surface area contributed by atoms with Crippen LogP contribution in [-0.2, 0) is 16.2 Å². The predicted molar refractivity (Wildman–Crippen MR) is 126 cm³/mol. The second kappa shape index (κ2) is 10.7. The molecule has 0 bridgehead atoms. The van der Waals surface area contributed by atoms with Crippen LogP contribution in [-0.4, -0.2) is 50.5 Å². The van der Waals surface area contributed by atoms with Gasteiger partial charge in [0.25, 0.3) is 0 Å². The minimum absolute atomic E-state index is 0.0747. The molecule has 9 nitrogen and oxygen atoms in total. The highest BCUT2D eigenvalue weighted by atomic mass is 32.2. The van der Waals surface area contributed by atoms with Gasteiger partial charge in [-0.05, 0) is 25.5 Å². The van der Waals surface area contributed by atoms with Gasteiger partial charge < -0.3 is 9.57 Å². The number of anilines is 1. The number of carbonyl (C=O) groups excluding carboxylic acids is 1. The lowest BCUT2D eigenvalue weighted by Crippen LogP contribution is -2.40. The van der Waals surface area contributed by atoms with Gasteiger partial charge in [0.1, 0.15) is 11.5 Å². The van der Waals surface area contributed by atoms with Crippen LogP contribution in [0.25, 0.3) is 0 Å². The summed E-state index contributed by atoms with van der Waals surface area (Å²) in [6.07, 6.45) is 7.98. The zero-order valence-electron chi connectivity index (χ0n) is 17.4. The fourth-order valence-corrected chi connectivity index (χ4v) is 5.41. The summed E-state index contributed by atoms with van der Waals surface area (Å²) in [4.78, 5) is 22.0. The summed E-state index contributed by atoms with van der Waals surface area (Å²) in [5.41, 5.74) is 1.01. The van der Waals surface area contributed by atoms with Gasteiger partial charge in [0.2, 0.25) is 4.27 Å². The average Bonchev–Trinajstić information content (AvgIpc) is 3.17. The first-order valence-corrected chi connectivity index (χ1v) is 11.7. The number of aromatic nitrogens is 1. The fourth-order valence-electron chi connectivity index (χ4n) is 2.90. The van der Waals surface area contributed by atoms with E-state index in [2.05, 4.69) is 15.5 Å². The number of nitrogens with zero attached hydrogens (tertiary/aromatic N) is 3. The Kier molecular flexibility index (Phi) is 7.99. The van der Waals surface area contributed by atoms with Crippen LogP contribution in [0.15, 0.2) is 47.7 Å². The molecule has 1 atom stereocenters. The molecule has 2 aliphatic rings. The Morgan fingerprint density at radius 2 is 2.19 bits per heavy atom. The van der Waals surface area contributed by atoms with E-state index in [9.17, 15) is 4.79 Å². The van der Waals surface area contributed by atoms with Gasteiger partial charge in [-0.25, -0.2) is 15.6 Å². The summed E-state index contributed by atoms with van der Waals surface area (Å²) in [6.45, 7) is 1.96. The molecule has 1 unspecified atom stereocenters. The lowest BCUT2D eigenvalue weighted by molar-refractivity contribution is 0.127. The Morgan fingerprint density at radius 1 is 1.42 bits per heavy atom. The highest BCUT2D eigenvalue weighted by Crippen LogP contribution is 2.44. The molecule has 1 saturated heterocycles. The summed E-state index contributed by atoms with van der Waals surface area (Å²) in [5, 5.41) is 16.2. The van der Waals surface area contributed by atoms with Gasteiger partial charge in [0.05, 0.1) is 5.69 Å². The molecular weight excluding hydrogens is 436 g/mol. The number of ether oxygens (including phenoxy) is 1. The van der Waals surface area contributed by atoms with Crippen LogP contribution in [0.4, 0.5) is 10.6 Å². The molecule has 1 aliphatic carbocycles. The van der Waals surface area contributed by atoms with Crippen molar-refractivity contribution in [3.05, 3.63) is 48.2 Å². The maximum Gasteiger partial charge on any atom is 0.414 e. The zero-order valence-corrected chi connectivity index (χ0v) is 19.0. The van der Waals surface area contributed by atoms with Crippen LogP contribution in [0.5, 0.6) is 0 Å². The van der Waals surface area contributed by atoms with Crippen LogP contribution in [0.1, 0.15) is 19.0 Å². The third kappa shape index (κ3) is 6.74. The number of allylic oxidation sites excluding steroid dienone is 4. The van der Waals surface area contributed by atoms with E-state index in [0.29, 0.717) is 23.6 Å². The van der Waals surface area contributed by atoms with Gasteiger partial charge in [0, 0.05) is 24.5 Å². The molecule has 0 aromatic carbocycles. The normalized spacial score (nSPS) is 19.7. The van der Waals surface area contributed by atoms with Crippen molar-refractivity contribution in [3.63, 3.8) is 0 Å². The molecule has 0 radical (unpaired) electrons. The number of oxime groups is 1. The van der Waals surface area contributed by atoms with Crippen molar-refractivity contribution in [2.24, 2.45) is 16.9 Å². The lowest BCUT2D eigenvalue weighted by Gasteiger charge is -2.22. The minimum Gasteiger partial charge on any atom is -0.422 e. The monoisotopic (exact) mass is 462 g/mol. The number of nitrogens with one attached hydrogen (secondary N) is 2. The van der Waals surface area contributed by atoms with Crippen LogP contribution < -0.4 is 11.2 Å². The molecule has 1 amide bonds. The van der Waals surface area contributed by atoms with E-state index in [1.807, 2.05) is 31.2 Å². The molecular formula is C20H26N6O3S2. The number of thioether (sulfide) groups is 2. The van der Waals surface area contributed by atoms with Gasteiger partial charge in [-0.15, -0.1) is 23.5 Å². The summed E-state index contributed by atoms with van der Waals surface area (Å²) >= 11 is 3.21. The molecule has 11 heteroatoms. The van der Waals surface area contributed by atoms with Gasteiger partial charge in [-0.3, -0.25) is 15.7 Å². The van der Waals surface area contributed by atoms with Crippen molar-refractivity contribution in [1.82, 2.24) is 9.99 Å². The maximum atomic E-state index is 12.2. The van der Waals surface area contributed by atoms with E-state index in [1.165, 1.54) is 5.01 Å². The van der Waals surface area contributed by atoms with Crippen molar-refractivity contribution >= 4 is 47.0 Å². The lowest BCUT2D eigenvalue weighted by atomic mass is 9.95. The Balaban J connectivity index is 1.60. The SMILES string of the molecule is CN(N)C(=N)/C(=N\OCc1cccc(NC(=O)OC2(C)SCCS2)n1)C1C=CC=CC1. The molecule has 0 spiro atoms. The minimum atomic E-state index is -0.570. The van der Waals surface area contributed by atoms with Crippen LogP contribution in [0.3, 0.4) is 0 Å². The first-order valence-electron chi connectivity index (χ1n) is 9.71. The molecule has 3 rings (SSSR count). The van der Waals surface area contributed by atoms with E-state index in [0.717, 1.165) is 11.5 Å². The topological polar surface area (TPSA) is 126 Å². The van der Waals surface area contributed by atoms with Gasteiger partial charge >= 0.3 is 6.09 Å². The molecule has 1 aliphatic heterocycles. The molecule has 166 valence electrons. The van der Waals surface area contributed by atoms with E-state index >= 15 is 0 Å². The number of amidine groups is 1. The number of pyridine rings is 1. The van der Waals surface area contributed by atoms with Crippen molar-refractivity contribution in [2.45, 2.75) is 24.2 Å². The first-order chi connectivity index (χ1) is 14.9. The Morgan fingerprint density at radius 3 is 2.87 bits per heavy atom. The first kappa shape index (κ1) is 23.2. The molecule has 1 aromatic rings. The number of hydrazine groups is 1. The van der Waals surface area contributed by atoms with E-state index in [4.69, 9.17) is 20.8 Å². The Bertz CT molecular complexity index is 897. The maximum absolute atomic E-state index is 12.2. The average molecular weight is 463 g/mol. The van der Waals surface area contributed by atoms with Crippen LogP contribution in [0.2, 0.25) is 0 Å². The highest BCUT2D eigenvalue weighted by Gasteiger charge is 2.34. The summed E-state index contributed by atoms with van der Waals surface area (Å²) < 4.78 is 4.93. The van der Waals surface area contributed by atoms with Crippen molar-refractivity contribution in [1.29, 1.82) is 5.41 Å².